The van der Waals surface area contributed by atoms with Crippen molar-refractivity contribution >= 4 is 17.7 Å². The number of halogens is 2. The van der Waals surface area contributed by atoms with Crippen LogP contribution < -0.4 is 0 Å². The Morgan fingerprint density at radius 3 is 2.83 bits per heavy atom. The number of ether oxygens (including phenoxy) is 2. The number of hydrogen-bond donors (Lipinski definition) is 0. The standard InChI is InChI=1S/C18H23ClFNO3/c1-18(2,3)24-17(22)21-8-4-5-15(21)16-12-7-6-11(20)9-13(12)14(19)10-23-16/h6-7,9,14-16H,4-5,8,10H2,1-3H3/t14-,15+,16+/m1/s1. The minimum atomic E-state index is -0.542. The van der Waals surface area contributed by atoms with Crippen LogP contribution in [-0.4, -0.2) is 35.8 Å². The fourth-order valence-corrected chi connectivity index (χ4v) is 3.68. The van der Waals surface area contributed by atoms with Gasteiger partial charge in [-0.05, 0) is 56.9 Å². The van der Waals surface area contributed by atoms with E-state index in [0.717, 1.165) is 24.0 Å². The first-order valence-electron chi connectivity index (χ1n) is 8.31. The van der Waals surface area contributed by atoms with Crippen LogP contribution in [-0.2, 0) is 9.47 Å². The second kappa shape index (κ2) is 6.52. The van der Waals surface area contributed by atoms with Gasteiger partial charge in [0.25, 0.3) is 0 Å². The normalized spacial score (nSPS) is 27.0. The van der Waals surface area contributed by atoms with Gasteiger partial charge >= 0.3 is 6.09 Å². The first kappa shape index (κ1) is 17.5. The highest BCUT2D eigenvalue weighted by Gasteiger charge is 2.41. The van der Waals surface area contributed by atoms with Gasteiger partial charge in [-0.25, -0.2) is 9.18 Å². The van der Waals surface area contributed by atoms with Crippen LogP contribution >= 0.6 is 11.6 Å². The average Bonchev–Trinajstić information content (AvgIpc) is 2.96. The third kappa shape index (κ3) is 3.52. The third-order valence-corrected chi connectivity index (χ3v) is 4.75. The lowest BCUT2D eigenvalue weighted by Gasteiger charge is -2.37. The highest BCUT2D eigenvalue weighted by Crippen LogP contribution is 2.42. The molecule has 1 saturated heterocycles. The van der Waals surface area contributed by atoms with Gasteiger partial charge in [0.05, 0.1) is 18.0 Å². The Morgan fingerprint density at radius 2 is 2.12 bits per heavy atom. The Kier molecular flexibility index (Phi) is 4.76. The fraction of sp³-hybridized carbons (Fsp3) is 0.611. The Morgan fingerprint density at radius 1 is 1.38 bits per heavy atom. The average molecular weight is 356 g/mol. The number of fused-ring (bicyclic) bond motifs is 1. The number of carbonyl (C=O) groups is 1. The molecule has 0 spiro atoms. The van der Waals surface area contributed by atoms with Crippen LogP contribution in [0.4, 0.5) is 9.18 Å². The van der Waals surface area contributed by atoms with Crippen LogP contribution in [0.15, 0.2) is 18.2 Å². The lowest BCUT2D eigenvalue weighted by atomic mass is 9.92. The van der Waals surface area contributed by atoms with Gasteiger partial charge in [0, 0.05) is 6.54 Å². The van der Waals surface area contributed by atoms with Gasteiger partial charge in [-0.1, -0.05) is 6.07 Å². The molecule has 1 fully saturated rings. The summed E-state index contributed by atoms with van der Waals surface area (Å²) in [5.74, 6) is -0.310. The Labute approximate surface area is 146 Å². The molecule has 0 bridgehead atoms. The largest absolute Gasteiger partial charge is 0.444 e. The van der Waals surface area contributed by atoms with Crippen molar-refractivity contribution in [3.8, 4) is 0 Å². The SMILES string of the molecule is CC(C)(C)OC(=O)N1CCC[C@H]1[C@H]1OC[C@@H](Cl)c2cc(F)ccc21. The maximum absolute atomic E-state index is 13.6. The third-order valence-electron chi connectivity index (χ3n) is 4.39. The molecule has 2 heterocycles. The topological polar surface area (TPSA) is 38.8 Å². The molecule has 0 saturated carbocycles. The van der Waals surface area contributed by atoms with E-state index in [4.69, 9.17) is 21.1 Å². The minimum Gasteiger partial charge on any atom is -0.444 e. The molecule has 6 heteroatoms. The monoisotopic (exact) mass is 355 g/mol. The molecule has 1 aromatic rings. The molecule has 3 atom stereocenters. The smallest absolute Gasteiger partial charge is 0.410 e. The van der Waals surface area contributed by atoms with Crippen LogP contribution in [0.5, 0.6) is 0 Å². The summed E-state index contributed by atoms with van der Waals surface area (Å²) < 4.78 is 25.0. The molecule has 0 radical (unpaired) electrons. The maximum Gasteiger partial charge on any atom is 0.410 e. The van der Waals surface area contributed by atoms with Gasteiger partial charge in [0.15, 0.2) is 0 Å². The summed E-state index contributed by atoms with van der Waals surface area (Å²) in [6, 6.07) is 4.48. The molecule has 2 aliphatic heterocycles. The van der Waals surface area contributed by atoms with Crippen molar-refractivity contribution in [2.45, 2.75) is 56.7 Å². The zero-order valence-electron chi connectivity index (χ0n) is 14.2. The Balaban J connectivity index is 1.86. The van der Waals surface area contributed by atoms with E-state index in [-0.39, 0.29) is 29.4 Å². The van der Waals surface area contributed by atoms with E-state index in [0.29, 0.717) is 13.2 Å². The van der Waals surface area contributed by atoms with Crippen molar-refractivity contribution < 1.29 is 18.7 Å². The van der Waals surface area contributed by atoms with E-state index in [1.165, 1.54) is 12.1 Å². The van der Waals surface area contributed by atoms with Crippen LogP contribution in [0.3, 0.4) is 0 Å². The number of rotatable bonds is 1. The molecule has 1 aromatic carbocycles. The number of benzene rings is 1. The van der Waals surface area contributed by atoms with Crippen molar-refractivity contribution in [3.05, 3.63) is 35.1 Å². The lowest BCUT2D eigenvalue weighted by Crippen LogP contribution is -2.44. The van der Waals surface area contributed by atoms with Gasteiger partial charge in [-0.3, -0.25) is 0 Å². The summed E-state index contributed by atoms with van der Waals surface area (Å²) in [6.45, 7) is 6.50. The fourth-order valence-electron chi connectivity index (χ4n) is 3.42. The molecular weight excluding hydrogens is 333 g/mol. The quantitative estimate of drug-likeness (QED) is 0.692. The Bertz CT molecular complexity index is 631. The number of alkyl halides is 1. The van der Waals surface area contributed by atoms with Crippen molar-refractivity contribution in [1.29, 1.82) is 0 Å². The summed E-state index contributed by atoms with van der Waals surface area (Å²) in [7, 11) is 0. The summed E-state index contributed by atoms with van der Waals surface area (Å²) in [4.78, 5) is 14.2. The van der Waals surface area contributed by atoms with Gasteiger partial charge in [-0.2, -0.15) is 0 Å². The van der Waals surface area contributed by atoms with Crippen molar-refractivity contribution in [3.63, 3.8) is 0 Å². The van der Waals surface area contributed by atoms with E-state index in [2.05, 4.69) is 0 Å². The zero-order chi connectivity index (χ0) is 17.5. The van der Waals surface area contributed by atoms with Crippen LogP contribution in [0.1, 0.15) is 56.2 Å². The molecule has 1 amide bonds. The zero-order valence-corrected chi connectivity index (χ0v) is 15.0. The van der Waals surface area contributed by atoms with Crippen LogP contribution in [0.25, 0.3) is 0 Å². The van der Waals surface area contributed by atoms with Gasteiger partial charge in [0.1, 0.15) is 17.5 Å². The van der Waals surface area contributed by atoms with E-state index in [1.807, 2.05) is 20.8 Å². The molecule has 0 unspecified atom stereocenters. The van der Waals surface area contributed by atoms with E-state index >= 15 is 0 Å². The number of hydrogen-bond acceptors (Lipinski definition) is 3. The van der Waals surface area contributed by atoms with E-state index in [1.54, 1.807) is 11.0 Å². The number of carbonyl (C=O) groups excluding carboxylic acids is 1. The summed E-state index contributed by atoms with van der Waals surface area (Å²) in [5.41, 5.74) is 1.08. The minimum absolute atomic E-state index is 0.117. The lowest BCUT2D eigenvalue weighted by molar-refractivity contribution is -0.0277. The molecule has 3 rings (SSSR count). The highest BCUT2D eigenvalue weighted by molar-refractivity contribution is 6.21. The highest BCUT2D eigenvalue weighted by atomic mass is 35.5. The maximum atomic E-state index is 13.6. The molecular formula is C18H23ClFNO3. The first-order valence-corrected chi connectivity index (χ1v) is 8.74. The first-order chi connectivity index (χ1) is 11.3. The second-order valence-corrected chi connectivity index (χ2v) is 7.90. The molecule has 0 N–H and O–H groups in total. The summed E-state index contributed by atoms with van der Waals surface area (Å²) in [5, 5.41) is -0.372. The van der Waals surface area contributed by atoms with Crippen LogP contribution in [0.2, 0.25) is 0 Å². The van der Waals surface area contributed by atoms with Gasteiger partial charge in [-0.15, -0.1) is 11.6 Å². The summed E-state index contributed by atoms with van der Waals surface area (Å²) in [6.07, 6.45) is 1.09. The van der Waals surface area contributed by atoms with Crippen molar-refractivity contribution in [2.24, 2.45) is 0 Å². The Hall–Kier alpha value is -1.33. The number of nitrogens with zero attached hydrogens (tertiary/aromatic N) is 1. The molecule has 4 nitrogen and oxygen atoms in total. The van der Waals surface area contributed by atoms with Crippen molar-refractivity contribution in [2.75, 3.05) is 13.2 Å². The van der Waals surface area contributed by atoms with Gasteiger partial charge in [0.2, 0.25) is 0 Å². The van der Waals surface area contributed by atoms with Gasteiger partial charge < -0.3 is 14.4 Å². The second-order valence-electron chi connectivity index (χ2n) is 7.38. The molecule has 2 aliphatic rings. The molecule has 0 aromatic heterocycles. The van der Waals surface area contributed by atoms with Crippen molar-refractivity contribution in [1.82, 2.24) is 4.90 Å². The predicted molar refractivity (Wildman–Crippen MR) is 89.6 cm³/mol. The number of amides is 1. The predicted octanol–water partition coefficient (Wildman–Crippen LogP) is 4.58. The molecule has 24 heavy (non-hydrogen) atoms. The van der Waals surface area contributed by atoms with E-state index < -0.39 is 5.60 Å². The number of likely N-dealkylation sites (tertiary alicyclic amines) is 1. The van der Waals surface area contributed by atoms with E-state index in [9.17, 15) is 9.18 Å². The van der Waals surface area contributed by atoms with Crippen LogP contribution in [0, 0.1) is 5.82 Å². The summed E-state index contributed by atoms with van der Waals surface area (Å²) >= 11 is 6.28. The molecule has 0 aliphatic carbocycles. The molecule has 132 valence electrons.